The maximum Gasteiger partial charge on any atom is 0.122 e. The fourth-order valence-corrected chi connectivity index (χ4v) is 1.93. The lowest BCUT2D eigenvalue weighted by Crippen LogP contribution is -2.18. The molecule has 0 aromatic carbocycles. The highest BCUT2D eigenvalue weighted by Gasteiger charge is 2.17. The van der Waals surface area contributed by atoms with Crippen molar-refractivity contribution in [1.29, 1.82) is 10.5 Å². The van der Waals surface area contributed by atoms with Crippen LogP contribution in [-0.4, -0.2) is 18.0 Å². The lowest BCUT2D eigenvalue weighted by atomic mass is 10.1. The predicted octanol–water partition coefficient (Wildman–Crippen LogP) is 2.92. The second-order valence-electron chi connectivity index (χ2n) is 3.82. The van der Waals surface area contributed by atoms with Gasteiger partial charge in [-0.2, -0.15) is 10.5 Å². The summed E-state index contributed by atoms with van der Waals surface area (Å²) in [5.74, 6) is 0. The number of nitrogens with zero attached hydrogens (tertiary/aromatic N) is 3. The molecule has 0 spiro atoms. The van der Waals surface area contributed by atoms with Crippen molar-refractivity contribution in [2.45, 2.75) is 26.7 Å². The van der Waals surface area contributed by atoms with Gasteiger partial charge in [-0.15, -0.1) is 0 Å². The minimum absolute atomic E-state index is 0.0927. The normalized spacial score (nSPS) is 18.4. The van der Waals surface area contributed by atoms with Crippen LogP contribution in [0.2, 0.25) is 0 Å². The van der Waals surface area contributed by atoms with E-state index in [0.717, 1.165) is 31.6 Å². The van der Waals surface area contributed by atoms with Crippen LogP contribution in [0.3, 0.4) is 0 Å². The Labute approximate surface area is 101 Å². The highest BCUT2D eigenvalue weighted by molar-refractivity contribution is 6.32. The zero-order chi connectivity index (χ0) is 12.1. The summed E-state index contributed by atoms with van der Waals surface area (Å²) in [6.45, 7) is 5.58. The largest absolute Gasteiger partial charge is 0.374 e. The van der Waals surface area contributed by atoms with Crippen LogP contribution in [0.15, 0.2) is 21.9 Å². The lowest BCUT2D eigenvalue weighted by Gasteiger charge is -2.20. The minimum atomic E-state index is 0.0927. The molecule has 0 aromatic rings. The molecule has 84 valence electrons. The molecule has 1 aliphatic heterocycles. The lowest BCUT2D eigenvalue weighted by molar-refractivity contribution is 0.425. The molecule has 0 amide bonds. The number of halogens is 1. The van der Waals surface area contributed by atoms with Crippen LogP contribution in [0.1, 0.15) is 26.7 Å². The van der Waals surface area contributed by atoms with E-state index in [-0.39, 0.29) is 5.03 Å². The average Bonchev–Trinajstić information content (AvgIpc) is 2.82. The standard InChI is InChI=1S/C12H14ClN3/c1-9(12(13)8-15)11(7-14)10(2)16-5-3-4-6-16/h3-6H2,1-2H3/b11-10+,12-9-. The third kappa shape index (κ3) is 2.56. The number of hydrogen-bond acceptors (Lipinski definition) is 3. The van der Waals surface area contributed by atoms with Crippen LogP contribution in [-0.2, 0) is 0 Å². The van der Waals surface area contributed by atoms with Gasteiger partial charge in [0.1, 0.15) is 17.2 Å². The van der Waals surface area contributed by atoms with Crippen molar-refractivity contribution < 1.29 is 0 Å². The fourth-order valence-electron chi connectivity index (χ4n) is 1.84. The Hall–Kier alpha value is -1.45. The van der Waals surface area contributed by atoms with Gasteiger partial charge in [-0.25, -0.2) is 0 Å². The van der Waals surface area contributed by atoms with Crippen LogP contribution >= 0.6 is 11.6 Å². The molecule has 3 nitrogen and oxygen atoms in total. The maximum atomic E-state index is 9.13. The molecule has 0 aromatic heterocycles. The summed E-state index contributed by atoms with van der Waals surface area (Å²) in [5, 5.41) is 17.9. The molecule has 0 saturated carbocycles. The van der Waals surface area contributed by atoms with E-state index < -0.39 is 0 Å². The molecule has 0 aliphatic carbocycles. The summed E-state index contributed by atoms with van der Waals surface area (Å²) in [4.78, 5) is 2.17. The molecule has 4 heteroatoms. The molecular formula is C12H14ClN3. The van der Waals surface area contributed by atoms with E-state index in [1.54, 1.807) is 6.92 Å². The predicted molar refractivity (Wildman–Crippen MR) is 63.3 cm³/mol. The van der Waals surface area contributed by atoms with Gasteiger partial charge in [0, 0.05) is 18.8 Å². The van der Waals surface area contributed by atoms with Crippen LogP contribution in [0.5, 0.6) is 0 Å². The Bertz CT molecular complexity index is 415. The zero-order valence-corrected chi connectivity index (χ0v) is 10.3. The SMILES string of the molecule is CC(=C(/Cl)C#N)/C(C#N)=C(\C)N1CCCC1. The van der Waals surface area contributed by atoms with Gasteiger partial charge in [-0.3, -0.25) is 0 Å². The molecular weight excluding hydrogens is 222 g/mol. The van der Waals surface area contributed by atoms with Gasteiger partial charge < -0.3 is 4.90 Å². The first-order valence-electron chi connectivity index (χ1n) is 5.24. The molecule has 1 heterocycles. The van der Waals surface area contributed by atoms with E-state index in [9.17, 15) is 0 Å². The van der Waals surface area contributed by atoms with Crippen molar-refractivity contribution >= 4 is 11.6 Å². The van der Waals surface area contributed by atoms with Gasteiger partial charge in [0.15, 0.2) is 0 Å². The molecule has 16 heavy (non-hydrogen) atoms. The van der Waals surface area contributed by atoms with Crippen molar-refractivity contribution in [2.24, 2.45) is 0 Å². The molecule has 1 rings (SSSR count). The first-order valence-corrected chi connectivity index (χ1v) is 5.62. The first-order chi connectivity index (χ1) is 7.61. The van der Waals surface area contributed by atoms with Crippen LogP contribution < -0.4 is 0 Å². The number of hydrogen-bond donors (Lipinski definition) is 0. The van der Waals surface area contributed by atoms with Crippen molar-refractivity contribution in [3.63, 3.8) is 0 Å². The molecule has 1 aliphatic rings. The number of nitriles is 2. The summed E-state index contributed by atoms with van der Waals surface area (Å²) in [7, 11) is 0. The quantitative estimate of drug-likeness (QED) is 0.546. The van der Waals surface area contributed by atoms with E-state index in [0.29, 0.717) is 11.1 Å². The van der Waals surface area contributed by atoms with Crippen LogP contribution in [0, 0.1) is 22.7 Å². The smallest absolute Gasteiger partial charge is 0.122 e. The van der Waals surface area contributed by atoms with Crippen molar-refractivity contribution in [3.05, 3.63) is 21.9 Å². The second-order valence-corrected chi connectivity index (χ2v) is 4.20. The summed E-state index contributed by atoms with van der Waals surface area (Å²) in [6, 6.07) is 4.00. The summed E-state index contributed by atoms with van der Waals surface area (Å²) in [6.07, 6.45) is 2.32. The Kier molecular flexibility index (Phi) is 4.40. The third-order valence-electron chi connectivity index (χ3n) is 2.86. The average molecular weight is 236 g/mol. The highest BCUT2D eigenvalue weighted by Crippen LogP contribution is 2.24. The first kappa shape index (κ1) is 12.6. The molecule has 1 saturated heterocycles. The topological polar surface area (TPSA) is 50.8 Å². The zero-order valence-electron chi connectivity index (χ0n) is 9.55. The summed E-state index contributed by atoms with van der Waals surface area (Å²) in [5.41, 5.74) is 2.01. The van der Waals surface area contributed by atoms with E-state index in [1.807, 2.05) is 13.0 Å². The summed E-state index contributed by atoms with van der Waals surface area (Å²) < 4.78 is 0. The number of rotatable bonds is 2. The highest BCUT2D eigenvalue weighted by atomic mass is 35.5. The van der Waals surface area contributed by atoms with E-state index in [2.05, 4.69) is 11.0 Å². The Morgan fingerprint density at radius 2 is 1.69 bits per heavy atom. The molecule has 0 atom stereocenters. The van der Waals surface area contributed by atoms with Crippen molar-refractivity contribution in [3.8, 4) is 12.1 Å². The maximum absolute atomic E-state index is 9.13. The van der Waals surface area contributed by atoms with Gasteiger partial charge in [0.2, 0.25) is 0 Å². The third-order valence-corrected chi connectivity index (χ3v) is 3.22. The monoisotopic (exact) mass is 235 g/mol. The Morgan fingerprint density at radius 1 is 1.12 bits per heavy atom. The van der Waals surface area contributed by atoms with Crippen molar-refractivity contribution in [1.82, 2.24) is 4.90 Å². The fraction of sp³-hybridized carbons (Fsp3) is 0.500. The van der Waals surface area contributed by atoms with Gasteiger partial charge >= 0.3 is 0 Å². The van der Waals surface area contributed by atoms with Crippen LogP contribution in [0.25, 0.3) is 0 Å². The Morgan fingerprint density at radius 3 is 2.12 bits per heavy atom. The minimum Gasteiger partial charge on any atom is -0.374 e. The van der Waals surface area contributed by atoms with E-state index >= 15 is 0 Å². The molecule has 0 N–H and O–H groups in total. The van der Waals surface area contributed by atoms with Crippen LogP contribution in [0.4, 0.5) is 0 Å². The van der Waals surface area contributed by atoms with E-state index in [4.69, 9.17) is 22.1 Å². The number of allylic oxidation sites excluding steroid dienone is 4. The van der Waals surface area contributed by atoms with Gasteiger partial charge in [-0.1, -0.05) is 11.6 Å². The van der Waals surface area contributed by atoms with Crippen molar-refractivity contribution in [2.75, 3.05) is 13.1 Å². The molecule has 1 fully saturated rings. The number of likely N-dealkylation sites (tertiary alicyclic amines) is 1. The van der Waals surface area contributed by atoms with Gasteiger partial charge in [0.05, 0.1) is 5.57 Å². The second kappa shape index (κ2) is 5.58. The van der Waals surface area contributed by atoms with Gasteiger partial charge in [-0.05, 0) is 32.3 Å². The molecule has 0 unspecified atom stereocenters. The van der Waals surface area contributed by atoms with E-state index in [1.165, 1.54) is 0 Å². The van der Waals surface area contributed by atoms with Gasteiger partial charge in [0.25, 0.3) is 0 Å². The Balaban J connectivity index is 3.11. The molecule has 0 radical (unpaired) electrons. The summed E-state index contributed by atoms with van der Waals surface area (Å²) >= 11 is 5.75. The molecule has 0 bridgehead atoms.